The predicted molar refractivity (Wildman–Crippen MR) is 104 cm³/mol. The second kappa shape index (κ2) is 8.30. The van der Waals surface area contributed by atoms with E-state index in [0.717, 1.165) is 28.3 Å². The van der Waals surface area contributed by atoms with E-state index in [0.29, 0.717) is 6.42 Å². The van der Waals surface area contributed by atoms with Crippen molar-refractivity contribution in [3.05, 3.63) is 47.6 Å². The number of hydrogen-bond acceptors (Lipinski definition) is 3. The molecule has 2 heterocycles. The highest BCUT2D eigenvalue weighted by molar-refractivity contribution is 7.15. The molecule has 0 radical (unpaired) electrons. The first-order valence-electron chi connectivity index (χ1n) is 8.97. The number of benzene rings is 1. The van der Waals surface area contributed by atoms with Gasteiger partial charge in [-0.05, 0) is 13.3 Å². The monoisotopic (exact) mass is 355 g/mol. The molecule has 1 unspecified atom stereocenters. The van der Waals surface area contributed by atoms with Gasteiger partial charge in [-0.3, -0.25) is 9.20 Å². The maximum absolute atomic E-state index is 12.3. The van der Waals surface area contributed by atoms with E-state index in [-0.39, 0.29) is 11.9 Å². The summed E-state index contributed by atoms with van der Waals surface area (Å²) in [6, 6.07) is 10.4. The van der Waals surface area contributed by atoms with Crippen LogP contribution in [0.2, 0.25) is 0 Å². The van der Waals surface area contributed by atoms with Crippen molar-refractivity contribution in [1.82, 2.24) is 14.7 Å². The van der Waals surface area contributed by atoms with Gasteiger partial charge in [0.15, 0.2) is 4.96 Å². The van der Waals surface area contributed by atoms with Gasteiger partial charge in [-0.15, -0.1) is 11.3 Å². The molecule has 3 rings (SSSR count). The summed E-state index contributed by atoms with van der Waals surface area (Å²) >= 11 is 1.58. The number of carbonyl (C=O) groups is 1. The molecule has 0 fully saturated rings. The first-order chi connectivity index (χ1) is 12.2. The summed E-state index contributed by atoms with van der Waals surface area (Å²) in [5, 5.41) is 5.14. The molecule has 0 bridgehead atoms. The lowest BCUT2D eigenvalue weighted by atomic mass is 10.1. The number of nitrogens with one attached hydrogen (secondary N) is 1. The third-order valence-electron chi connectivity index (χ3n) is 4.34. The molecular weight excluding hydrogens is 330 g/mol. The van der Waals surface area contributed by atoms with E-state index in [2.05, 4.69) is 36.3 Å². The Morgan fingerprint density at radius 1 is 1.28 bits per heavy atom. The molecule has 2 aromatic heterocycles. The fourth-order valence-corrected chi connectivity index (χ4v) is 3.84. The van der Waals surface area contributed by atoms with E-state index in [1.54, 1.807) is 11.3 Å². The molecule has 1 atom stereocenters. The zero-order chi connectivity index (χ0) is 17.6. The van der Waals surface area contributed by atoms with Crippen molar-refractivity contribution in [3.8, 4) is 11.3 Å². The summed E-state index contributed by atoms with van der Waals surface area (Å²) < 4.78 is 2.04. The second-order valence-electron chi connectivity index (χ2n) is 6.51. The van der Waals surface area contributed by atoms with Crippen LogP contribution in [0.1, 0.15) is 45.2 Å². The molecule has 5 heteroatoms. The standard InChI is InChI=1S/C20H25N3OS/c1-3-4-6-9-15(2)21-19(24)12-17-14-25-20-22-18(13-23(17)20)16-10-7-5-8-11-16/h5,7-8,10-11,13-15H,3-4,6,9,12H2,1-2H3,(H,21,24). The van der Waals surface area contributed by atoms with Crippen molar-refractivity contribution in [2.75, 3.05) is 0 Å². The minimum atomic E-state index is 0.0821. The molecule has 0 aliphatic heterocycles. The molecule has 1 aromatic carbocycles. The van der Waals surface area contributed by atoms with Crippen LogP contribution < -0.4 is 5.32 Å². The van der Waals surface area contributed by atoms with E-state index >= 15 is 0 Å². The Kier molecular flexibility index (Phi) is 5.87. The molecule has 0 saturated heterocycles. The van der Waals surface area contributed by atoms with Gasteiger partial charge in [0.2, 0.25) is 5.91 Å². The fraction of sp³-hybridized carbons (Fsp3) is 0.400. The van der Waals surface area contributed by atoms with Gasteiger partial charge >= 0.3 is 0 Å². The minimum absolute atomic E-state index is 0.0821. The smallest absolute Gasteiger partial charge is 0.226 e. The first kappa shape index (κ1) is 17.7. The second-order valence-corrected chi connectivity index (χ2v) is 7.35. The van der Waals surface area contributed by atoms with Crippen LogP contribution in [-0.2, 0) is 11.2 Å². The lowest BCUT2D eigenvalue weighted by Gasteiger charge is -2.13. The highest BCUT2D eigenvalue weighted by Crippen LogP contribution is 2.23. The highest BCUT2D eigenvalue weighted by Gasteiger charge is 2.13. The summed E-state index contributed by atoms with van der Waals surface area (Å²) in [7, 11) is 0. The molecule has 25 heavy (non-hydrogen) atoms. The van der Waals surface area contributed by atoms with Crippen LogP contribution in [0.3, 0.4) is 0 Å². The van der Waals surface area contributed by atoms with Crippen LogP contribution in [0, 0.1) is 0 Å². The maximum Gasteiger partial charge on any atom is 0.226 e. The topological polar surface area (TPSA) is 46.4 Å². The van der Waals surface area contributed by atoms with Gasteiger partial charge in [-0.1, -0.05) is 56.5 Å². The van der Waals surface area contributed by atoms with E-state index < -0.39 is 0 Å². The van der Waals surface area contributed by atoms with E-state index in [9.17, 15) is 4.79 Å². The van der Waals surface area contributed by atoms with Gasteiger partial charge in [0.05, 0.1) is 12.1 Å². The van der Waals surface area contributed by atoms with Gasteiger partial charge in [-0.25, -0.2) is 4.98 Å². The quantitative estimate of drug-likeness (QED) is 0.596. The molecule has 0 aliphatic carbocycles. The average molecular weight is 356 g/mol. The van der Waals surface area contributed by atoms with Crippen LogP contribution in [0.25, 0.3) is 16.2 Å². The van der Waals surface area contributed by atoms with Crippen molar-refractivity contribution in [3.63, 3.8) is 0 Å². The van der Waals surface area contributed by atoms with Gasteiger partial charge in [0.1, 0.15) is 0 Å². The van der Waals surface area contributed by atoms with Crippen LogP contribution in [-0.4, -0.2) is 21.3 Å². The molecule has 3 aromatic rings. The summed E-state index contributed by atoms with van der Waals surface area (Å²) in [6.07, 6.45) is 7.06. The Hall–Kier alpha value is -2.14. The molecule has 1 N–H and O–H groups in total. The van der Waals surface area contributed by atoms with Crippen LogP contribution >= 0.6 is 11.3 Å². The lowest BCUT2D eigenvalue weighted by Crippen LogP contribution is -2.33. The van der Waals surface area contributed by atoms with Gasteiger partial charge < -0.3 is 5.32 Å². The van der Waals surface area contributed by atoms with Crippen molar-refractivity contribution >= 4 is 22.2 Å². The maximum atomic E-state index is 12.3. The van der Waals surface area contributed by atoms with E-state index in [1.807, 2.05) is 34.2 Å². The molecular formula is C20H25N3OS. The first-order valence-corrected chi connectivity index (χ1v) is 9.85. The number of aromatic nitrogens is 2. The molecule has 0 saturated carbocycles. The summed E-state index contributed by atoms with van der Waals surface area (Å²) in [5.41, 5.74) is 3.04. The normalized spacial score (nSPS) is 12.4. The Labute approximate surface area is 152 Å². The number of carbonyl (C=O) groups excluding carboxylic acids is 1. The Bertz CT molecular complexity index is 822. The van der Waals surface area contributed by atoms with Crippen molar-refractivity contribution in [2.45, 2.75) is 52.0 Å². The molecule has 0 aliphatic rings. The summed E-state index contributed by atoms with van der Waals surface area (Å²) in [6.45, 7) is 4.28. The fourth-order valence-electron chi connectivity index (χ4n) is 2.97. The zero-order valence-corrected chi connectivity index (χ0v) is 15.7. The molecule has 1 amide bonds. The number of fused-ring (bicyclic) bond motifs is 1. The van der Waals surface area contributed by atoms with Crippen LogP contribution in [0.5, 0.6) is 0 Å². The van der Waals surface area contributed by atoms with Crippen molar-refractivity contribution < 1.29 is 4.79 Å². The zero-order valence-electron chi connectivity index (χ0n) is 14.9. The van der Waals surface area contributed by atoms with E-state index in [1.165, 1.54) is 19.3 Å². The predicted octanol–water partition coefficient (Wildman–Crippen LogP) is 4.69. The van der Waals surface area contributed by atoms with E-state index in [4.69, 9.17) is 0 Å². The molecule has 4 nitrogen and oxygen atoms in total. The number of unbranched alkanes of at least 4 members (excludes halogenated alkanes) is 2. The Balaban J connectivity index is 1.65. The average Bonchev–Trinajstić information content (AvgIpc) is 3.18. The lowest BCUT2D eigenvalue weighted by molar-refractivity contribution is -0.121. The third kappa shape index (κ3) is 4.48. The van der Waals surface area contributed by atoms with Crippen LogP contribution in [0.15, 0.2) is 41.9 Å². The number of rotatable bonds is 8. The number of thiazole rings is 1. The number of amides is 1. The largest absolute Gasteiger partial charge is 0.353 e. The number of hydrogen-bond donors (Lipinski definition) is 1. The highest BCUT2D eigenvalue weighted by atomic mass is 32.1. The van der Waals surface area contributed by atoms with Crippen molar-refractivity contribution in [1.29, 1.82) is 0 Å². The summed E-state index contributed by atoms with van der Waals surface area (Å²) in [4.78, 5) is 17.9. The number of imidazole rings is 1. The molecule has 0 spiro atoms. The van der Waals surface area contributed by atoms with Gasteiger partial charge in [0, 0.05) is 28.9 Å². The molecule has 132 valence electrons. The van der Waals surface area contributed by atoms with Crippen molar-refractivity contribution in [2.24, 2.45) is 0 Å². The SMILES string of the molecule is CCCCCC(C)NC(=O)Cc1csc2nc(-c3ccccc3)cn12. The van der Waals surface area contributed by atoms with Crippen LogP contribution in [0.4, 0.5) is 0 Å². The minimum Gasteiger partial charge on any atom is -0.353 e. The Morgan fingerprint density at radius 3 is 2.84 bits per heavy atom. The third-order valence-corrected chi connectivity index (χ3v) is 5.23. The number of nitrogens with zero attached hydrogens (tertiary/aromatic N) is 2. The van der Waals surface area contributed by atoms with Gasteiger partial charge in [0.25, 0.3) is 0 Å². The Morgan fingerprint density at radius 2 is 2.08 bits per heavy atom. The van der Waals surface area contributed by atoms with Gasteiger partial charge in [-0.2, -0.15) is 0 Å². The summed E-state index contributed by atoms with van der Waals surface area (Å²) in [5.74, 6) is 0.0821.